The summed E-state index contributed by atoms with van der Waals surface area (Å²) in [6, 6.07) is 8.48. The first-order valence-corrected chi connectivity index (χ1v) is 8.25. The van der Waals surface area contributed by atoms with Gasteiger partial charge in [-0.05, 0) is 50.6 Å². The highest BCUT2D eigenvalue weighted by Gasteiger charge is 2.22. The molecule has 0 spiro atoms. The molecular formula is C16H25ClN2OS. The molecule has 1 heterocycles. The summed E-state index contributed by atoms with van der Waals surface area (Å²) in [5.41, 5.74) is 0.746. The number of nitrogens with one attached hydrogen (secondary N) is 2. The van der Waals surface area contributed by atoms with E-state index in [9.17, 15) is 4.79 Å². The van der Waals surface area contributed by atoms with E-state index in [0.29, 0.717) is 11.3 Å². The van der Waals surface area contributed by atoms with Crippen molar-refractivity contribution in [2.75, 3.05) is 6.54 Å². The summed E-state index contributed by atoms with van der Waals surface area (Å²) in [5, 5.41) is 7.10. The number of halogens is 1. The minimum absolute atomic E-state index is 0. The van der Waals surface area contributed by atoms with Crippen molar-refractivity contribution in [3.8, 4) is 0 Å². The Bertz CT molecular complexity index is 450. The number of carbonyl (C=O) groups is 1. The zero-order valence-electron chi connectivity index (χ0n) is 12.9. The van der Waals surface area contributed by atoms with Crippen molar-refractivity contribution in [2.24, 2.45) is 0 Å². The van der Waals surface area contributed by atoms with E-state index < -0.39 is 0 Å². The van der Waals surface area contributed by atoms with Gasteiger partial charge in [0.2, 0.25) is 0 Å². The standard InChI is InChI=1S/C16H24N2OS.ClH/c1-11(2)20-14-8-6-13(7-9-14)16(19)18-15-5-4-10-17-12(15)3;/h6-9,11-12,15,17H,4-5,10H2,1-3H3,(H,18,19);1H. The van der Waals surface area contributed by atoms with E-state index in [1.54, 1.807) is 0 Å². The lowest BCUT2D eigenvalue weighted by atomic mass is 9.99. The molecule has 1 aromatic rings. The summed E-state index contributed by atoms with van der Waals surface area (Å²) in [7, 11) is 0. The van der Waals surface area contributed by atoms with Crippen molar-refractivity contribution < 1.29 is 4.79 Å². The number of thioether (sulfide) groups is 1. The van der Waals surface area contributed by atoms with Crippen molar-refractivity contribution in [1.29, 1.82) is 0 Å². The van der Waals surface area contributed by atoms with Gasteiger partial charge in [-0.2, -0.15) is 0 Å². The molecule has 1 amide bonds. The van der Waals surface area contributed by atoms with Crippen LogP contribution in [0.15, 0.2) is 29.2 Å². The van der Waals surface area contributed by atoms with Gasteiger partial charge >= 0.3 is 0 Å². The fourth-order valence-corrected chi connectivity index (χ4v) is 3.29. The van der Waals surface area contributed by atoms with Crippen LogP contribution in [-0.2, 0) is 0 Å². The quantitative estimate of drug-likeness (QED) is 0.831. The van der Waals surface area contributed by atoms with Crippen LogP contribution < -0.4 is 10.6 Å². The van der Waals surface area contributed by atoms with Gasteiger partial charge < -0.3 is 10.6 Å². The first-order valence-electron chi connectivity index (χ1n) is 7.37. The highest BCUT2D eigenvalue weighted by atomic mass is 35.5. The number of hydrogen-bond donors (Lipinski definition) is 2. The average molecular weight is 329 g/mol. The lowest BCUT2D eigenvalue weighted by Crippen LogP contribution is -2.51. The minimum Gasteiger partial charge on any atom is -0.348 e. The highest BCUT2D eigenvalue weighted by Crippen LogP contribution is 2.23. The lowest BCUT2D eigenvalue weighted by Gasteiger charge is -2.30. The monoisotopic (exact) mass is 328 g/mol. The maximum atomic E-state index is 12.2. The molecule has 2 rings (SSSR count). The maximum absolute atomic E-state index is 12.2. The van der Waals surface area contributed by atoms with Gasteiger partial charge in [0.1, 0.15) is 0 Å². The fraction of sp³-hybridized carbons (Fsp3) is 0.562. The summed E-state index contributed by atoms with van der Waals surface area (Å²) in [4.78, 5) is 13.5. The van der Waals surface area contributed by atoms with E-state index in [-0.39, 0.29) is 24.4 Å². The Morgan fingerprint density at radius 3 is 2.57 bits per heavy atom. The number of benzene rings is 1. The zero-order valence-corrected chi connectivity index (χ0v) is 14.5. The summed E-state index contributed by atoms with van der Waals surface area (Å²) < 4.78 is 0. The van der Waals surface area contributed by atoms with Crippen LogP contribution in [0.5, 0.6) is 0 Å². The third kappa shape index (κ3) is 5.53. The largest absolute Gasteiger partial charge is 0.348 e. The number of carbonyl (C=O) groups excluding carboxylic acids is 1. The first-order chi connectivity index (χ1) is 9.56. The molecular weight excluding hydrogens is 304 g/mol. The van der Waals surface area contributed by atoms with E-state index in [2.05, 4.69) is 31.4 Å². The summed E-state index contributed by atoms with van der Waals surface area (Å²) in [5.74, 6) is 0.0339. The second-order valence-corrected chi connectivity index (χ2v) is 7.31. The number of amides is 1. The van der Waals surface area contributed by atoms with Crippen molar-refractivity contribution in [1.82, 2.24) is 10.6 Å². The van der Waals surface area contributed by atoms with Gasteiger partial charge in [-0.1, -0.05) is 13.8 Å². The van der Waals surface area contributed by atoms with Gasteiger partial charge in [-0.3, -0.25) is 4.79 Å². The van der Waals surface area contributed by atoms with E-state index in [1.165, 1.54) is 4.90 Å². The molecule has 0 aliphatic carbocycles. The molecule has 0 bridgehead atoms. The molecule has 5 heteroatoms. The zero-order chi connectivity index (χ0) is 14.5. The molecule has 1 fully saturated rings. The SMILES string of the molecule is CC(C)Sc1ccc(C(=O)NC2CCCNC2C)cc1.Cl. The van der Waals surface area contributed by atoms with Crippen LogP contribution in [0, 0.1) is 0 Å². The number of hydrogen-bond acceptors (Lipinski definition) is 3. The van der Waals surface area contributed by atoms with Crippen LogP contribution >= 0.6 is 24.2 Å². The number of rotatable bonds is 4. The Kier molecular flexibility index (Phi) is 7.57. The van der Waals surface area contributed by atoms with E-state index >= 15 is 0 Å². The molecule has 0 radical (unpaired) electrons. The fourth-order valence-electron chi connectivity index (χ4n) is 2.45. The molecule has 0 saturated carbocycles. The molecule has 0 aromatic heterocycles. The normalized spacial score (nSPS) is 21.7. The molecule has 1 aromatic carbocycles. The topological polar surface area (TPSA) is 41.1 Å². The molecule has 2 unspecified atom stereocenters. The van der Waals surface area contributed by atoms with Crippen LogP contribution in [0.4, 0.5) is 0 Å². The Morgan fingerprint density at radius 1 is 1.33 bits per heavy atom. The van der Waals surface area contributed by atoms with E-state index in [0.717, 1.165) is 24.9 Å². The van der Waals surface area contributed by atoms with Crippen LogP contribution in [0.3, 0.4) is 0 Å². The van der Waals surface area contributed by atoms with Crippen molar-refractivity contribution in [2.45, 2.75) is 55.8 Å². The second kappa shape index (κ2) is 8.66. The van der Waals surface area contributed by atoms with Crippen LogP contribution in [0.1, 0.15) is 44.0 Å². The minimum atomic E-state index is 0. The van der Waals surface area contributed by atoms with Gasteiger partial charge in [0.05, 0.1) is 0 Å². The lowest BCUT2D eigenvalue weighted by molar-refractivity contribution is 0.0920. The van der Waals surface area contributed by atoms with Crippen molar-refractivity contribution in [3.05, 3.63) is 29.8 Å². The van der Waals surface area contributed by atoms with E-state index in [1.807, 2.05) is 36.0 Å². The second-order valence-electron chi connectivity index (χ2n) is 5.66. The van der Waals surface area contributed by atoms with Crippen molar-refractivity contribution in [3.63, 3.8) is 0 Å². The predicted octanol–water partition coefficient (Wildman–Crippen LogP) is 3.48. The molecule has 1 aliphatic heterocycles. The Balaban J connectivity index is 0.00000220. The van der Waals surface area contributed by atoms with Crippen LogP contribution in [-0.4, -0.2) is 29.8 Å². The molecule has 118 valence electrons. The third-order valence-corrected chi connectivity index (χ3v) is 4.58. The summed E-state index contributed by atoms with van der Waals surface area (Å²) in [6.07, 6.45) is 2.18. The van der Waals surface area contributed by atoms with Gasteiger partial charge in [0, 0.05) is 27.8 Å². The number of piperidine rings is 1. The Morgan fingerprint density at radius 2 is 2.00 bits per heavy atom. The molecule has 2 N–H and O–H groups in total. The van der Waals surface area contributed by atoms with Gasteiger partial charge in [-0.25, -0.2) is 0 Å². The maximum Gasteiger partial charge on any atom is 0.251 e. The molecule has 3 nitrogen and oxygen atoms in total. The van der Waals surface area contributed by atoms with Gasteiger partial charge in [-0.15, -0.1) is 24.2 Å². The van der Waals surface area contributed by atoms with Crippen LogP contribution in [0.25, 0.3) is 0 Å². The Hall–Kier alpha value is -0.710. The summed E-state index contributed by atoms with van der Waals surface area (Å²) in [6.45, 7) is 7.52. The van der Waals surface area contributed by atoms with E-state index in [4.69, 9.17) is 0 Å². The predicted molar refractivity (Wildman–Crippen MR) is 92.6 cm³/mol. The van der Waals surface area contributed by atoms with Gasteiger partial charge in [0.25, 0.3) is 5.91 Å². The molecule has 2 atom stereocenters. The summed E-state index contributed by atoms with van der Waals surface area (Å²) >= 11 is 1.81. The smallest absolute Gasteiger partial charge is 0.251 e. The highest BCUT2D eigenvalue weighted by molar-refractivity contribution is 7.99. The molecule has 1 aliphatic rings. The molecule has 1 saturated heterocycles. The third-order valence-electron chi connectivity index (χ3n) is 3.57. The molecule has 21 heavy (non-hydrogen) atoms. The van der Waals surface area contributed by atoms with Crippen LogP contribution in [0.2, 0.25) is 0 Å². The first kappa shape index (κ1) is 18.3. The van der Waals surface area contributed by atoms with Crippen molar-refractivity contribution >= 4 is 30.1 Å². The Labute approximate surface area is 138 Å². The van der Waals surface area contributed by atoms with Gasteiger partial charge in [0.15, 0.2) is 0 Å². The average Bonchev–Trinajstić information content (AvgIpc) is 2.41.